The third-order valence-electron chi connectivity index (χ3n) is 4.09. The molecule has 2 saturated heterocycles. The maximum absolute atomic E-state index is 9.22. The Morgan fingerprint density at radius 2 is 2.20 bits per heavy atom. The topological polar surface area (TPSA) is 38.7 Å². The molecule has 2 rings (SSSR count). The van der Waals surface area contributed by atoms with Gasteiger partial charge in [0.2, 0.25) is 0 Å². The van der Waals surface area contributed by atoms with Crippen molar-refractivity contribution in [3.05, 3.63) is 0 Å². The maximum Gasteiger partial charge on any atom is 0.172 e. The third kappa shape index (κ3) is 1.44. The summed E-state index contributed by atoms with van der Waals surface area (Å²) >= 11 is 0. The quantitative estimate of drug-likeness (QED) is 0.780. The Kier molecular flexibility index (Phi) is 2.61. The van der Waals surface area contributed by atoms with Gasteiger partial charge in [0.05, 0.1) is 11.7 Å². The molecule has 0 amide bonds. The van der Waals surface area contributed by atoms with Crippen LogP contribution in [0.5, 0.6) is 0 Å². The Bertz CT molecular complexity index is 255. The summed E-state index contributed by atoms with van der Waals surface area (Å²) in [4.78, 5) is 0. The zero-order valence-corrected chi connectivity index (χ0v) is 10.1. The summed E-state index contributed by atoms with van der Waals surface area (Å²) in [5, 5.41) is 9.22. The van der Waals surface area contributed by atoms with Crippen LogP contribution in [0.1, 0.15) is 40.5 Å². The summed E-state index contributed by atoms with van der Waals surface area (Å²) in [5.74, 6) is 0.216. The van der Waals surface area contributed by atoms with Crippen LogP contribution in [0.4, 0.5) is 0 Å². The highest BCUT2D eigenvalue weighted by atomic mass is 16.8. The molecule has 2 fully saturated rings. The summed E-state index contributed by atoms with van der Waals surface area (Å²) in [5.41, 5.74) is -0.197. The van der Waals surface area contributed by atoms with Gasteiger partial charge in [0.25, 0.3) is 0 Å². The first-order valence-electron chi connectivity index (χ1n) is 5.96. The lowest BCUT2D eigenvalue weighted by Crippen LogP contribution is -2.46. The Hall–Kier alpha value is -0.120. The maximum atomic E-state index is 9.22. The number of aliphatic hydroxyl groups excluding tert-OH is 1. The second-order valence-corrected chi connectivity index (χ2v) is 5.38. The molecule has 1 N–H and O–H groups in total. The predicted octanol–water partition coefficient (Wildman–Crippen LogP) is 1.93. The number of hydrogen-bond acceptors (Lipinski definition) is 3. The smallest absolute Gasteiger partial charge is 0.172 e. The first kappa shape index (κ1) is 11.4. The van der Waals surface area contributed by atoms with Gasteiger partial charge in [-0.25, -0.2) is 0 Å². The van der Waals surface area contributed by atoms with Crippen molar-refractivity contribution in [3.63, 3.8) is 0 Å². The van der Waals surface area contributed by atoms with Crippen molar-refractivity contribution in [2.24, 2.45) is 11.8 Å². The first-order valence-corrected chi connectivity index (χ1v) is 5.96. The van der Waals surface area contributed by atoms with Crippen molar-refractivity contribution in [1.82, 2.24) is 0 Å². The predicted molar refractivity (Wildman–Crippen MR) is 57.4 cm³/mol. The van der Waals surface area contributed by atoms with Crippen LogP contribution in [-0.4, -0.2) is 29.2 Å². The number of aliphatic hydroxyl groups is 1. The summed E-state index contributed by atoms with van der Waals surface area (Å²) in [6.45, 7) is 8.60. The van der Waals surface area contributed by atoms with E-state index in [1.165, 1.54) is 0 Å². The average molecular weight is 214 g/mol. The van der Waals surface area contributed by atoms with E-state index in [0.29, 0.717) is 5.92 Å². The van der Waals surface area contributed by atoms with Crippen LogP contribution < -0.4 is 0 Å². The van der Waals surface area contributed by atoms with Gasteiger partial charge in [0.15, 0.2) is 5.79 Å². The molecule has 15 heavy (non-hydrogen) atoms. The molecular weight excluding hydrogens is 192 g/mol. The molecule has 2 heterocycles. The Morgan fingerprint density at radius 1 is 1.53 bits per heavy atom. The van der Waals surface area contributed by atoms with Crippen molar-refractivity contribution in [2.75, 3.05) is 6.61 Å². The minimum absolute atomic E-state index is 0.0404. The van der Waals surface area contributed by atoms with Crippen LogP contribution in [0.2, 0.25) is 0 Å². The molecule has 2 aliphatic heterocycles. The Labute approximate surface area is 91.8 Å². The van der Waals surface area contributed by atoms with Crippen LogP contribution in [0.15, 0.2) is 0 Å². The summed E-state index contributed by atoms with van der Waals surface area (Å²) in [6.07, 6.45) is 1.97. The molecule has 0 unspecified atom stereocenters. The fraction of sp³-hybridized carbons (Fsp3) is 1.00. The zero-order valence-electron chi connectivity index (χ0n) is 10.1. The minimum atomic E-state index is -0.386. The van der Waals surface area contributed by atoms with Crippen molar-refractivity contribution >= 4 is 0 Å². The minimum Gasteiger partial charge on any atom is -0.396 e. The van der Waals surface area contributed by atoms with E-state index in [4.69, 9.17) is 9.47 Å². The Morgan fingerprint density at radius 3 is 2.67 bits per heavy atom. The van der Waals surface area contributed by atoms with Crippen molar-refractivity contribution in [3.8, 4) is 0 Å². The lowest BCUT2D eigenvalue weighted by molar-refractivity contribution is -0.192. The van der Waals surface area contributed by atoms with Crippen LogP contribution >= 0.6 is 0 Å². The highest BCUT2D eigenvalue weighted by Gasteiger charge is 2.64. The molecule has 0 aromatic carbocycles. The van der Waals surface area contributed by atoms with Gasteiger partial charge in [0, 0.05) is 18.4 Å². The van der Waals surface area contributed by atoms with Crippen molar-refractivity contribution in [2.45, 2.75) is 58.0 Å². The van der Waals surface area contributed by atoms with Gasteiger partial charge in [-0.05, 0) is 19.8 Å². The number of rotatable bonds is 3. The van der Waals surface area contributed by atoms with Gasteiger partial charge in [-0.2, -0.15) is 0 Å². The molecule has 2 bridgehead atoms. The second-order valence-electron chi connectivity index (χ2n) is 5.38. The largest absolute Gasteiger partial charge is 0.396 e. The molecular formula is C12H22O3. The lowest BCUT2D eigenvalue weighted by atomic mass is 9.80. The highest BCUT2D eigenvalue weighted by molar-refractivity contribution is 5.06. The SMILES string of the molecule is CC[C@@]12O[C@@H]([C@@H](C)CO)[C@@](C)(C[C@H]1C)O2. The number of fused-ring (bicyclic) bond motifs is 2. The van der Waals surface area contributed by atoms with Crippen LogP contribution in [0, 0.1) is 11.8 Å². The van der Waals surface area contributed by atoms with Crippen molar-refractivity contribution < 1.29 is 14.6 Å². The van der Waals surface area contributed by atoms with Gasteiger partial charge in [-0.3, -0.25) is 0 Å². The van der Waals surface area contributed by atoms with E-state index in [1.807, 2.05) is 6.92 Å². The average Bonchev–Trinajstić information content (AvgIpc) is 2.64. The first-order chi connectivity index (χ1) is 6.97. The fourth-order valence-corrected chi connectivity index (χ4v) is 3.27. The van der Waals surface area contributed by atoms with E-state index in [0.717, 1.165) is 12.8 Å². The second kappa shape index (κ2) is 3.44. The summed E-state index contributed by atoms with van der Waals surface area (Å²) < 4.78 is 12.2. The zero-order chi connectivity index (χ0) is 11.3. The summed E-state index contributed by atoms with van der Waals surface area (Å²) in [6, 6.07) is 0. The van der Waals surface area contributed by atoms with Crippen molar-refractivity contribution in [1.29, 1.82) is 0 Å². The molecule has 0 aromatic rings. The molecule has 5 atom stereocenters. The standard InChI is InChI=1S/C12H22O3/c1-5-12-9(3)6-11(4,15-12)10(14-12)8(2)7-13/h8-10,13H,5-7H2,1-4H3/t8-,9+,10-,11+,12-/m0/s1. The lowest BCUT2D eigenvalue weighted by Gasteiger charge is -2.36. The molecule has 0 saturated carbocycles. The molecule has 3 nitrogen and oxygen atoms in total. The molecule has 0 aliphatic carbocycles. The van der Waals surface area contributed by atoms with Gasteiger partial charge >= 0.3 is 0 Å². The van der Waals surface area contributed by atoms with Gasteiger partial charge in [-0.1, -0.05) is 20.8 Å². The van der Waals surface area contributed by atoms with E-state index >= 15 is 0 Å². The van der Waals surface area contributed by atoms with E-state index in [-0.39, 0.29) is 30.0 Å². The molecule has 0 aromatic heterocycles. The highest BCUT2D eigenvalue weighted by Crippen LogP contribution is 2.55. The monoisotopic (exact) mass is 214 g/mol. The molecule has 0 spiro atoms. The number of hydrogen-bond donors (Lipinski definition) is 1. The van der Waals surface area contributed by atoms with E-state index in [2.05, 4.69) is 20.8 Å². The van der Waals surface area contributed by atoms with Crippen LogP contribution in [0.25, 0.3) is 0 Å². The van der Waals surface area contributed by atoms with Gasteiger partial charge in [0.1, 0.15) is 0 Å². The fourth-order valence-electron chi connectivity index (χ4n) is 3.27. The number of ether oxygens (including phenoxy) is 2. The van der Waals surface area contributed by atoms with E-state index in [9.17, 15) is 5.11 Å². The third-order valence-corrected chi connectivity index (χ3v) is 4.09. The van der Waals surface area contributed by atoms with E-state index < -0.39 is 0 Å². The van der Waals surface area contributed by atoms with E-state index in [1.54, 1.807) is 0 Å². The molecule has 3 heteroatoms. The van der Waals surface area contributed by atoms with Gasteiger partial charge < -0.3 is 14.6 Å². The summed E-state index contributed by atoms with van der Waals surface area (Å²) in [7, 11) is 0. The van der Waals surface area contributed by atoms with Gasteiger partial charge in [-0.15, -0.1) is 0 Å². The molecule has 88 valence electrons. The molecule has 2 aliphatic rings. The van der Waals surface area contributed by atoms with Crippen LogP contribution in [-0.2, 0) is 9.47 Å². The molecule has 0 radical (unpaired) electrons. The Balaban J connectivity index is 2.22. The normalized spacial score (nSPS) is 51.0. The van der Waals surface area contributed by atoms with Crippen LogP contribution in [0.3, 0.4) is 0 Å².